The zero-order valence-corrected chi connectivity index (χ0v) is 16.6. The van der Waals surface area contributed by atoms with Crippen LogP contribution in [0, 0.1) is 0 Å². The van der Waals surface area contributed by atoms with Gasteiger partial charge in [-0.3, -0.25) is 21.0 Å². The lowest BCUT2D eigenvalue weighted by atomic mass is 9.87. The van der Waals surface area contributed by atoms with Gasteiger partial charge in [-0.05, 0) is 59.7 Å². The molecule has 136 valence electrons. The summed E-state index contributed by atoms with van der Waals surface area (Å²) in [6.45, 7) is 6.37. The Hall–Kier alpha value is -2.51. The van der Waals surface area contributed by atoms with E-state index >= 15 is 0 Å². The Morgan fingerprint density at radius 2 is 1.42 bits per heavy atom. The van der Waals surface area contributed by atoms with E-state index in [-0.39, 0.29) is 16.4 Å². The molecule has 0 unspecified atom stereocenters. The lowest BCUT2D eigenvalue weighted by Crippen LogP contribution is -2.49. The first-order valence-electron chi connectivity index (χ1n) is 8.09. The third kappa shape index (κ3) is 6.09. The minimum Gasteiger partial charge on any atom is -0.331 e. The minimum atomic E-state index is -0.285. The summed E-state index contributed by atoms with van der Waals surface area (Å²) in [6, 6.07) is 16.9. The molecule has 0 bridgehead atoms. The van der Waals surface area contributed by atoms with E-state index in [9.17, 15) is 4.79 Å². The van der Waals surface area contributed by atoms with Crippen LogP contribution in [-0.2, 0) is 5.41 Å². The van der Waals surface area contributed by atoms with Gasteiger partial charge in [0.25, 0.3) is 5.91 Å². The van der Waals surface area contributed by atoms with E-state index in [4.69, 9.17) is 24.4 Å². The normalized spacial score (nSPS) is 10.6. The molecule has 0 heterocycles. The van der Waals surface area contributed by atoms with Crippen LogP contribution in [0.3, 0.4) is 0 Å². The molecule has 0 aliphatic carbocycles. The van der Waals surface area contributed by atoms with Crippen molar-refractivity contribution < 1.29 is 4.79 Å². The molecular formula is C19H22N4OS2. The van der Waals surface area contributed by atoms with Crippen molar-refractivity contribution in [1.82, 2.24) is 16.2 Å². The van der Waals surface area contributed by atoms with Crippen molar-refractivity contribution in [2.24, 2.45) is 0 Å². The number of hydrogen-bond acceptors (Lipinski definition) is 3. The van der Waals surface area contributed by atoms with Crippen molar-refractivity contribution in [3.63, 3.8) is 0 Å². The maximum Gasteiger partial charge on any atom is 0.257 e. The molecule has 2 aromatic carbocycles. The number of amides is 1. The van der Waals surface area contributed by atoms with Crippen molar-refractivity contribution in [3.8, 4) is 0 Å². The monoisotopic (exact) mass is 386 g/mol. The first kappa shape index (κ1) is 19.8. The molecule has 0 atom stereocenters. The molecule has 5 nitrogen and oxygen atoms in total. The molecule has 1 amide bonds. The van der Waals surface area contributed by atoms with Crippen molar-refractivity contribution in [2.45, 2.75) is 26.2 Å². The average molecular weight is 387 g/mol. The number of hydrazine groups is 1. The van der Waals surface area contributed by atoms with Gasteiger partial charge in [-0.15, -0.1) is 0 Å². The first-order valence-corrected chi connectivity index (χ1v) is 8.91. The highest BCUT2D eigenvalue weighted by Gasteiger charge is 2.14. The number of thiocarbonyl (C=S) groups is 2. The topological polar surface area (TPSA) is 65.2 Å². The highest BCUT2D eigenvalue weighted by atomic mass is 32.1. The third-order valence-electron chi connectivity index (χ3n) is 3.56. The number of anilines is 1. The molecule has 2 rings (SSSR count). The van der Waals surface area contributed by atoms with E-state index in [1.807, 2.05) is 42.5 Å². The van der Waals surface area contributed by atoms with Crippen LogP contribution in [0.4, 0.5) is 5.69 Å². The lowest BCUT2D eigenvalue weighted by molar-refractivity contribution is 0.0976. The summed E-state index contributed by atoms with van der Waals surface area (Å²) >= 11 is 10.3. The number of hydrogen-bond donors (Lipinski definition) is 4. The standard InChI is InChI=1S/C19H22N4OS2/c1-19(2,3)14-11-9-13(10-12-14)16(24)21-18(26)23-22-17(25)20-15-7-5-4-6-8-15/h4-12H,1-3H3,(H2,20,22,25)(H2,21,23,24,26). The van der Waals surface area contributed by atoms with Crippen LogP contribution in [-0.4, -0.2) is 16.1 Å². The lowest BCUT2D eigenvalue weighted by Gasteiger charge is -2.19. The maximum atomic E-state index is 12.2. The molecule has 0 saturated heterocycles. The van der Waals surface area contributed by atoms with Gasteiger partial charge in [0.05, 0.1) is 0 Å². The van der Waals surface area contributed by atoms with Crippen molar-refractivity contribution >= 4 is 46.3 Å². The van der Waals surface area contributed by atoms with Crippen LogP contribution < -0.4 is 21.5 Å². The van der Waals surface area contributed by atoms with Gasteiger partial charge in [0, 0.05) is 11.3 Å². The molecule has 26 heavy (non-hydrogen) atoms. The molecule has 0 aliphatic rings. The molecule has 2 aromatic rings. The molecule has 0 aliphatic heterocycles. The summed E-state index contributed by atoms with van der Waals surface area (Å²) in [5, 5.41) is 6.06. The third-order valence-corrected chi connectivity index (χ3v) is 3.97. The number of benzene rings is 2. The second-order valence-corrected chi connectivity index (χ2v) is 7.50. The van der Waals surface area contributed by atoms with Gasteiger partial charge in [-0.1, -0.05) is 51.1 Å². The van der Waals surface area contributed by atoms with Gasteiger partial charge in [0.15, 0.2) is 10.2 Å². The fourth-order valence-electron chi connectivity index (χ4n) is 2.13. The summed E-state index contributed by atoms with van der Waals surface area (Å²) in [7, 11) is 0. The fourth-order valence-corrected chi connectivity index (χ4v) is 2.44. The van der Waals surface area contributed by atoms with Gasteiger partial charge in [-0.25, -0.2) is 0 Å². The largest absolute Gasteiger partial charge is 0.331 e. The predicted molar refractivity (Wildman–Crippen MR) is 114 cm³/mol. The van der Waals surface area contributed by atoms with Gasteiger partial charge < -0.3 is 5.32 Å². The molecule has 0 aromatic heterocycles. The second kappa shape index (κ2) is 8.73. The molecule has 0 radical (unpaired) electrons. The van der Waals surface area contributed by atoms with E-state index < -0.39 is 0 Å². The predicted octanol–water partition coefficient (Wildman–Crippen LogP) is 3.49. The smallest absolute Gasteiger partial charge is 0.257 e. The van der Waals surface area contributed by atoms with Crippen LogP contribution in [0.25, 0.3) is 0 Å². The first-order chi connectivity index (χ1) is 12.3. The van der Waals surface area contributed by atoms with Crippen molar-refractivity contribution in [1.29, 1.82) is 0 Å². The van der Waals surface area contributed by atoms with E-state index in [0.717, 1.165) is 11.3 Å². The van der Waals surface area contributed by atoms with Crippen molar-refractivity contribution in [3.05, 3.63) is 65.7 Å². The Morgan fingerprint density at radius 1 is 0.846 bits per heavy atom. The second-order valence-electron chi connectivity index (χ2n) is 6.68. The quantitative estimate of drug-likeness (QED) is 0.468. The van der Waals surface area contributed by atoms with Crippen LogP contribution in [0.5, 0.6) is 0 Å². The van der Waals surface area contributed by atoms with Crippen LogP contribution in [0.2, 0.25) is 0 Å². The Labute approximate surface area is 164 Å². The number of para-hydroxylation sites is 1. The zero-order valence-electron chi connectivity index (χ0n) is 14.9. The van der Waals surface area contributed by atoms with Crippen molar-refractivity contribution in [2.75, 3.05) is 5.32 Å². The van der Waals surface area contributed by atoms with E-state index in [1.54, 1.807) is 12.1 Å². The molecule has 0 saturated carbocycles. The minimum absolute atomic E-state index is 0.0389. The molecule has 0 fully saturated rings. The van der Waals surface area contributed by atoms with E-state index in [1.165, 1.54) is 0 Å². The zero-order chi connectivity index (χ0) is 19.2. The molecule has 7 heteroatoms. The van der Waals surface area contributed by atoms with Gasteiger partial charge in [0.1, 0.15) is 0 Å². The number of rotatable bonds is 2. The number of nitrogens with one attached hydrogen (secondary N) is 4. The number of carbonyl (C=O) groups is 1. The fraction of sp³-hybridized carbons (Fsp3) is 0.211. The Balaban J connectivity index is 1.81. The van der Waals surface area contributed by atoms with Gasteiger partial charge >= 0.3 is 0 Å². The summed E-state index contributed by atoms with van der Waals surface area (Å²) in [5.74, 6) is -0.285. The molecule has 0 spiro atoms. The Kier molecular flexibility index (Phi) is 6.65. The average Bonchev–Trinajstić information content (AvgIpc) is 2.60. The highest BCUT2D eigenvalue weighted by molar-refractivity contribution is 7.80. The van der Waals surface area contributed by atoms with Gasteiger partial charge in [-0.2, -0.15) is 0 Å². The Bertz CT molecular complexity index is 783. The highest BCUT2D eigenvalue weighted by Crippen LogP contribution is 2.22. The molecule has 4 N–H and O–H groups in total. The van der Waals surface area contributed by atoms with Crippen LogP contribution in [0.15, 0.2) is 54.6 Å². The summed E-state index contributed by atoms with van der Waals surface area (Å²) in [4.78, 5) is 12.2. The van der Waals surface area contributed by atoms with E-state index in [0.29, 0.717) is 10.7 Å². The van der Waals surface area contributed by atoms with E-state index in [2.05, 4.69) is 42.3 Å². The Morgan fingerprint density at radius 3 is 2.00 bits per heavy atom. The molecular weight excluding hydrogens is 364 g/mol. The summed E-state index contributed by atoms with van der Waals surface area (Å²) < 4.78 is 0. The number of carbonyl (C=O) groups excluding carboxylic acids is 1. The maximum absolute atomic E-state index is 12.2. The van der Waals surface area contributed by atoms with Gasteiger partial charge in [0.2, 0.25) is 0 Å². The van der Waals surface area contributed by atoms with Crippen LogP contribution in [0.1, 0.15) is 36.7 Å². The summed E-state index contributed by atoms with van der Waals surface area (Å²) in [6.07, 6.45) is 0. The SMILES string of the molecule is CC(C)(C)c1ccc(C(=O)NC(=S)NNC(=S)Nc2ccccc2)cc1. The van der Waals surface area contributed by atoms with Crippen LogP contribution >= 0.6 is 24.4 Å². The summed E-state index contributed by atoms with van der Waals surface area (Å²) in [5.41, 5.74) is 8.00.